The molecule has 0 spiro atoms. The maximum Gasteiger partial charge on any atom is 0.324 e. The number of carbonyl (C=O) groups is 1. The minimum absolute atomic E-state index is 0.168. The van der Waals surface area contributed by atoms with Gasteiger partial charge in [0.05, 0.1) is 18.9 Å². The molecule has 4 rings (SSSR count). The van der Waals surface area contributed by atoms with Crippen LogP contribution < -0.4 is 14.9 Å². The van der Waals surface area contributed by atoms with E-state index in [-0.39, 0.29) is 20.7 Å². The van der Waals surface area contributed by atoms with Gasteiger partial charge in [-0.1, -0.05) is 43.7 Å². The number of methoxy groups -OCH3 is 1. The van der Waals surface area contributed by atoms with E-state index in [1.54, 1.807) is 19.1 Å². The molecule has 0 atom stereocenters. The second kappa shape index (κ2) is 10.3. The van der Waals surface area contributed by atoms with Gasteiger partial charge in [0, 0.05) is 23.0 Å². The first-order valence-corrected chi connectivity index (χ1v) is 10.7. The zero-order valence-electron chi connectivity index (χ0n) is 16.7. The maximum absolute atomic E-state index is 12.6. The molecule has 2 N–H and O–H groups in total. The average Bonchev–Trinajstić information content (AvgIpc) is 3.43. The van der Waals surface area contributed by atoms with Gasteiger partial charge in [-0.25, -0.2) is 10.1 Å². The van der Waals surface area contributed by atoms with Gasteiger partial charge >= 0.3 is 4.87 Å². The third kappa shape index (κ3) is 5.64. The molecule has 0 bridgehead atoms. The molecule has 0 aromatic carbocycles. The topological polar surface area (TPSA) is 110 Å². The Morgan fingerprint density at radius 3 is 2.43 bits per heavy atom. The Balaban J connectivity index is 0.000000448. The molecule has 1 aliphatic carbocycles. The molecule has 30 heavy (non-hydrogen) atoms. The van der Waals surface area contributed by atoms with E-state index >= 15 is 0 Å². The van der Waals surface area contributed by atoms with Gasteiger partial charge in [-0.2, -0.15) is 0 Å². The lowest BCUT2D eigenvalue weighted by molar-refractivity contribution is 0.102. The molecule has 1 amide bonds. The fourth-order valence-corrected chi connectivity index (χ4v) is 3.75. The first-order chi connectivity index (χ1) is 14.5. The number of nitrogens with zero attached hydrogens (tertiary/aromatic N) is 3. The molecule has 1 aliphatic rings. The lowest BCUT2D eigenvalue weighted by Gasteiger charge is -2.13. The molecule has 1 saturated carbocycles. The highest BCUT2D eigenvalue weighted by molar-refractivity contribution is 7.13. The Morgan fingerprint density at radius 2 is 1.83 bits per heavy atom. The molecule has 0 unspecified atom stereocenters. The predicted molar refractivity (Wildman–Crippen MR) is 118 cm³/mol. The van der Waals surface area contributed by atoms with Gasteiger partial charge in [0.25, 0.3) is 5.91 Å². The molecule has 0 radical (unpaired) electrons. The van der Waals surface area contributed by atoms with E-state index in [0.717, 1.165) is 11.3 Å². The number of nitrogens with one attached hydrogen (secondary N) is 2. The minimum atomic E-state index is -0.458. The number of rotatable bonds is 4. The van der Waals surface area contributed by atoms with Crippen LogP contribution in [0.15, 0.2) is 29.3 Å². The molecule has 3 heterocycles. The number of hydrogen-bond acceptors (Lipinski definition) is 7. The molecule has 3 aromatic heterocycles. The standard InChI is InChI=1S/C15H12ClN5O3S.C5H10/c1-7-3-8(9-4-12(16)18-6-11(9)24-2)10(5-17-7)13(22)19-14-20-21-15(23)25-14;1-2-4-5-3-1/h3-6H,1-2H3,(H,21,23)(H,19,20,22);1-5H2. The van der Waals surface area contributed by atoms with Crippen LogP contribution in [-0.4, -0.2) is 33.2 Å². The normalized spacial score (nSPS) is 12.8. The van der Waals surface area contributed by atoms with Crippen LogP contribution in [0.5, 0.6) is 5.75 Å². The van der Waals surface area contributed by atoms with Gasteiger partial charge in [0.2, 0.25) is 5.13 Å². The summed E-state index contributed by atoms with van der Waals surface area (Å²) in [6, 6.07) is 3.36. The number of H-pyrrole nitrogens is 1. The van der Waals surface area contributed by atoms with Gasteiger partial charge < -0.3 is 4.74 Å². The average molecular weight is 448 g/mol. The number of anilines is 1. The van der Waals surface area contributed by atoms with Crippen molar-refractivity contribution in [3.8, 4) is 16.9 Å². The van der Waals surface area contributed by atoms with Crippen molar-refractivity contribution in [3.05, 3.63) is 50.6 Å². The van der Waals surface area contributed by atoms with E-state index in [4.69, 9.17) is 16.3 Å². The van der Waals surface area contributed by atoms with Gasteiger partial charge in [-0.05, 0) is 30.4 Å². The van der Waals surface area contributed by atoms with Gasteiger partial charge in [0.1, 0.15) is 10.9 Å². The number of carbonyl (C=O) groups excluding carboxylic acids is 1. The summed E-state index contributed by atoms with van der Waals surface area (Å²) in [6.07, 6.45) is 10.4. The van der Waals surface area contributed by atoms with E-state index in [2.05, 4.69) is 25.5 Å². The Kier molecular flexibility index (Phi) is 7.53. The molecule has 10 heteroatoms. The Hall–Kier alpha value is -2.78. The smallest absolute Gasteiger partial charge is 0.324 e. The highest BCUT2D eigenvalue weighted by atomic mass is 35.5. The Bertz CT molecular complexity index is 1070. The molecule has 158 valence electrons. The molecular weight excluding hydrogens is 426 g/mol. The summed E-state index contributed by atoms with van der Waals surface area (Å²) in [5.74, 6) is 0.00807. The van der Waals surface area contributed by atoms with Crippen LogP contribution in [0.4, 0.5) is 5.13 Å². The van der Waals surface area contributed by atoms with Crippen LogP contribution in [0.1, 0.15) is 48.2 Å². The lowest BCUT2D eigenvalue weighted by atomic mass is 10.0. The lowest BCUT2D eigenvalue weighted by Crippen LogP contribution is -2.14. The summed E-state index contributed by atoms with van der Waals surface area (Å²) in [7, 11) is 1.50. The SMILES string of the molecule is C1CCCC1.COc1cnc(Cl)cc1-c1cc(C)ncc1C(=O)Nc1n[nH]c(=O)s1. The highest BCUT2D eigenvalue weighted by Gasteiger charge is 2.19. The van der Waals surface area contributed by atoms with Crippen molar-refractivity contribution < 1.29 is 9.53 Å². The van der Waals surface area contributed by atoms with Crippen molar-refractivity contribution in [1.82, 2.24) is 20.2 Å². The number of pyridine rings is 2. The molecule has 0 aliphatic heterocycles. The van der Waals surface area contributed by atoms with E-state index < -0.39 is 5.91 Å². The van der Waals surface area contributed by atoms with Crippen LogP contribution in [0.25, 0.3) is 11.1 Å². The summed E-state index contributed by atoms with van der Waals surface area (Å²) in [5, 5.41) is 8.97. The first kappa shape index (κ1) is 21.9. The van der Waals surface area contributed by atoms with Crippen LogP contribution in [-0.2, 0) is 0 Å². The van der Waals surface area contributed by atoms with E-state index in [1.165, 1.54) is 51.6 Å². The fraction of sp³-hybridized carbons (Fsp3) is 0.350. The zero-order valence-corrected chi connectivity index (χ0v) is 18.3. The molecule has 8 nitrogen and oxygen atoms in total. The first-order valence-electron chi connectivity index (χ1n) is 9.51. The fourth-order valence-electron chi connectivity index (χ4n) is 3.09. The summed E-state index contributed by atoms with van der Waals surface area (Å²) < 4.78 is 5.32. The number of aromatic nitrogens is 4. The van der Waals surface area contributed by atoms with Gasteiger partial charge in [-0.3, -0.25) is 19.9 Å². The maximum atomic E-state index is 12.6. The van der Waals surface area contributed by atoms with E-state index in [1.807, 2.05) is 0 Å². The van der Waals surface area contributed by atoms with Gasteiger partial charge in [-0.15, -0.1) is 5.10 Å². The third-order valence-electron chi connectivity index (χ3n) is 4.54. The summed E-state index contributed by atoms with van der Waals surface area (Å²) in [5.41, 5.74) is 2.18. The monoisotopic (exact) mass is 447 g/mol. The number of amides is 1. The number of aromatic amines is 1. The van der Waals surface area contributed by atoms with Crippen LogP contribution in [0.3, 0.4) is 0 Å². The van der Waals surface area contributed by atoms with Crippen molar-refractivity contribution in [2.24, 2.45) is 0 Å². The largest absolute Gasteiger partial charge is 0.494 e. The number of aryl methyl sites for hydroxylation is 1. The van der Waals surface area contributed by atoms with Crippen molar-refractivity contribution >= 4 is 34.0 Å². The van der Waals surface area contributed by atoms with Crippen LogP contribution in [0, 0.1) is 6.92 Å². The van der Waals surface area contributed by atoms with E-state index in [0.29, 0.717) is 22.6 Å². The van der Waals surface area contributed by atoms with Crippen LogP contribution >= 0.6 is 22.9 Å². The third-order valence-corrected chi connectivity index (χ3v) is 5.41. The number of ether oxygens (including phenoxy) is 1. The van der Waals surface area contributed by atoms with E-state index in [9.17, 15) is 9.59 Å². The minimum Gasteiger partial charge on any atom is -0.494 e. The van der Waals surface area contributed by atoms with Gasteiger partial charge in [0.15, 0.2) is 0 Å². The quantitative estimate of drug-likeness (QED) is 0.571. The Labute approximate surface area is 182 Å². The van der Waals surface area contributed by atoms with Crippen molar-refractivity contribution in [2.45, 2.75) is 39.0 Å². The summed E-state index contributed by atoms with van der Waals surface area (Å²) in [6.45, 7) is 1.81. The van der Waals surface area contributed by atoms with Crippen LogP contribution in [0.2, 0.25) is 5.15 Å². The summed E-state index contributed by atoms with van der Waals surface area (Å²) in [4.78, 5) is 31.6. The number of hydrogen-bond donors (Lipinski definition) is 2. The second-order valence-corrected chi connectivity index (χ2v) is 8.07. The molecule has 3 aromatic rings. The van der Waals surface area contributed by atoms with Crippen molar-refractivity contribution in [1.29, 1.82) is 0 Å². The number of halogens is 1. The second-order valence-electron chi connectivity index (χ2n) is 6.72. The van der Waals surface area contributed by atoms with Crippen molar-refractivity contribution in [3.63, 3.8) is 0 Å². The van der Waals surface area contributed by atoms with Crippen molar-refractivity contribution in [2.75, 3.05) is 12.4 Å². The molecule has 1 fully saturated rings. The Morgan fingerprint density at radius 1 is 1.13 bits per heavy atom. The summed E-state index contributed by atoms with van der Waals surface area (Å²) >= 11 is 6.79. The molecular formula is C20H22ClN5O3S. The molecule has 0 saturated heterocycles. The predicted octanol–water partition coefficient (Wildman–Crippen LogP) is 4.46. The zero-order chi connectivity index (χ0) is 21.5. The highest BCUT2D eigenvalue weighted by Crippen LogP contribution is 2.34.